The van der Waals surface area contributed by atoms with Crippen LogP contribution in [-0.2, 0) is 9.53 Å². The van der Waals surface area contributed by atoms with E-state index in [1.54, 1.807) is 19.2 Å². The average molecular weight is 350 g/mol. The molecular formula is C18H24ClN3O2. The van der Waals surface area contributed by atoms with Gasteiger partial charge in [0.05, 0.1) is 17.9 Å². The van der Waals surface area contributed by atoms with Crippen molar-refractivity contribution in [1.29, 1.82) is 5.26 Å². The van der Waals surface area contributed by atoms with Gasteiger partial charge >= 0.3 is 0 Å². The van der Waals surface area contributed by atoms with Crippen LogP contribution in [0.3, 0.4) is 0 Å². The van der Waals surface area contributed by atoms with Crippen molar-refractivity contribution in [3.8, 4) is 6.07 Å². The van der Waals surface area contributed by atoms with Crippen molar-refractivity contribution < 1.29 is 9.53 Å². The SMILES string of the molecule is COCC(C)NC(=O)C1(C)CCN(c2ccc(Cl)cc2C#N)CC1. The van der Waals surface area contributed by atoms with E-state index >= 15 is 0 Å². The highest BCUT2D eigenvalue weighted by molar-refractivity contribution is 6.30. The summed E-state index contributed by atoms with van der Waals surface area (Å²) in [5.41, 5.74) is 1.07. The van der Waals surface area contributed by atoms with Crippen molar-refractivity contribution in [2.24, 2.45) is 5.41 Å². The third-order valence-corrected chi connectivity index (χ3v) is 4.86. The van der Waals surface area contributed by atoms with Gasteiger partial charge < -0.3 is 15.0 Å². The molecule has 0 aliphatic carbocycles. The number of hydrogen-bond donors (Lipinski definition) is 1. The lowest BCUT2D eigenvalue weighted by Crippen LogP contribution is -2.50. The summed E-state index contributed by atoms with van der Waals surface area (Å²) in [6, 6.07) is 7.56. The molecule has 1 fully saturated rings. The van der Waals surface area contributed by atoms with Crippen molar-refractivity contribution >= 4 is 23.2 Å². The zero-order chi connectivity index (χ0) is 17.7. The fourth-order valence-electron chi connectivity index (χ4n) is 3.03. The summed E-state index contributed by atoms with van der Waals surface area (Å²) in [5.74, 6) is 0.0725. The minimum Gasteiger partial charge on any atom is -0.383 e. The van der Waals surface area contributed by atoms with E-state index in [2.05, 4.69) is 16.3 Å². The lowest BCUT2D eigenvalue weighted by molar-refractivity contribution is -0.132. The number of carbonyl (C=O) groups is 1. The Kier molecular flexibility index (Phi) is 6.09. The lowest BCUT2D eigenvalue weighted by Gasteiger charge is -2.40. The number of anilines is 1. The normalized spacial score (nSPS) is 17.9. The topological polar surface area (TPSA) is 65.4 Å². The maximum absolute atomic E-state index is 12.6. The predicted octanol–water partition coefficient (Wildman–Crippen LogP) is 2.97. The van der Waals surface area contributed by atoms with E-state index in [0.717, 1.165) is 31.6 Å². The molecule has 0 saturated carbocycles. The zero-order valence-electron chi connectivity index (χ0n) is 14.4. The minimum atomic E-state index is -0.391. The molecule has 24 heavy (non-hydrogen) atoms. The summed E-state index contributed by atoms with van der Waals surface area (Å²) in [6.07, 6.45) is 1.48. The smallest absolute Gasteiger partial charge is 0.226 e. The molecule has 1 saturated heterocycles. The summed E-state index contributed by atoms with van der Waals surface area (Å²) in [6.45, 7) is 5.92. The van der Waals surface area contributed by atoms with Gasteiger partial charge in [-0.2, -0.15) is 5.26 Å². The standard InChI is InChI=1S/C18H24ClN3O2/c1-13(12-24-3)21-17(23)18(2)6-8-22(9-7-18)16-5-4-15(19)10-14(16)11-20/h4-5,10,13H,6-9,12H2,1-3H3,(H,21,23). The quantitative estimate of drug-likeness (QED) is 0.887. The number of piperidine rings is 1. The molecule has 1 atom stereocenters. The second-order valence-electron chi connectivity index (χ2n) is 6.65. The average Bonchev–Trinajstić information content (AvgIpc) is 2.56. The van der Waals surface area contributed by atoms with Crippen LogP contribution in [0.2, 0.25) is 5.02 Å². The number of hydrogen-bond acceptors (Lipinski definition) is 4. The van der Waals surface area contributed by atoms with Crippen molar-refractivity contribution in [2.45, 2.75) is 32.7 Å². The van der Waals surface area contributed by atoms with Crippen LogP contribution in [0.15, 0.2) is 18.2 Å². The molecule has 1 aromatic rings. The van der Waals surface area contributed by atoms with E-state index in [1.165, 1.54) is 0 Å². The van der Waals surface area contributed by atoms with Gasteiger partial charge in [0.25, 0.3) is 0 Å². The number of amides is 1. The summed E-state index contributed by atoms with van der Waals surface area (Å²) in [7, 11) is 1.63. The van der Waals surface area contributed by atoms with Crippen molar-refractivity contribution in [2.75, 3.05) is 31.7 Å². The Labute approximate surface area is 148 Å². The van der Waals surface area contributed by atoms with Crippen LogP contribution < -0.4 is 10.2 Å². The van der Waals surface area contributed by atoms with Crippen molar-refractivity contribution in [3.05, 3.63) is 28.8 Å². The van der Waals surface area contributed by atoms with Gasteiger partial charge in [0.15, 0.2) is 0 Å². The molecule has 6 heteroatoms. The highest BCUT2D eigenvalue weighted by Crippen LogP contribution is 2.35. The number of nitrogens with one attached hydrogen (secondary N) is 1. The fraction of sp³-hybridized carbons (Fsp3) is 0.556. The van der Waals surface area contributed by atoms with Gasteiger partial charge in [-0.05, 0) is 38.0 Å². The van der Waals surface area contributed by atoms with E-state index < -0.39 is 5.41 Å². The van der Waals surface area contributed by atoms with Gasteiger partial charge in [0, 0.05) is 36.7 Å². The third kappa shape index (κ3) is 4.19. The molecule has 130 valence electrons. The molecule has 0 radical (unpaired) electrons. The molecule has 1 heterocycles. The van der Waals surface area contributed by atoms with Gasteiger partial charge in [-0.25, -0.2) is 0 Å². The molecule has 1 aliphatic heterocycles. The molecule has 1 unspecified atom stereocenters. The first-order valence-corrected chi connectivity index (χ1v) is 8.52. The molecule has 1 aromatic carbocycles. The third-order valence-electron chi connectivity index (χ3n) is 4.63. The molecule has 2 rings (SSSR count). The second kappa shape index (κ2) is 7.87. The molecule has 1 N–H and O–H groups in total. The number of halogens is 1. The van der Waals surface area contributed by atoms with Crippen LogP contribution in [-0.4, -0.2) is 38.8 Å². The maximum atomic E-state index is 12.6. The van der Waals surface area contributed by atoms with Gasteiger partial charge in [0.1, 0.15) is 6.07 Å². The zero-order valence-corrected chi connectivity index (χ0v) is 15.2. The maximum Gasteiger partial charge on any atom is 0.226 e. The Bertz CT molecular complexity index is 634. The van der Waals surface area contributed by atoms with E-state index in [4.69, 9.17) is 16.3 Å². The highest BCUT2D eigenvalue weighted by atomic mass is 35.5. The lowest BCUT2D eigenvalue weighted by atomic mass is 9.79. The van der Waals surface area contributed by atoms with Crippen molar-refractivity contribution in [3.63, 3.8) is 0 Å². The van der Waals surface area contributed by atoms with E-state index in [1.807, 2.05) is 19.9 Å². The molecule has 5 nitrogen and oxygen atoms in total. The van der Waals surface area contributed by atoms with E-state index in [-0.39, 0.29) is 11.9 Å². The number of carbonyl (C=O) groups excluding carboxylic acids is 1. The first-order valence-electron chi connectivity index (χ1n) is 8.14. The van der Waals surface area contributed by atoms with Crippen LogP contribution in [0.1, 0.15) is 32.3 Å². The monoisotopic (exact) mass is 349 g/mol. The first-order chi connectivity index (χ1) is 11.4. The molecular weight excluding hydrogens is 326 g/mol. The van der Waals surface area contributed by atoms with Crippen LogP contribution in [0.5, 0.6) is 0 Å². The summed E-state index contributed by atoms with van der Waals surface area (Å²) in [4.78, 5) is 14.7. The van der Waals surface area contributed by atoms with E-state index in [0.29, 0.717) is 17.2 Å². The number of benzene rings is 1. The van der Waals surface area contributed by atoms with Gasteiger partial charge in [-0.3, -0.25) is 4.79 Å². The molecule has 1 aliphatic rings. The minimum absolute atomic E-state index is 0.00110. The number of nitrogens with zero attached hydrogens (tertiary/aromatic N) is 2. The van der Waals surface area contributed by atoms with Crippen LogP contribution in [0, 0.1) is 16.7 Å². The number of nitriles is 1. The molecule has 0 aromatic heterocycles. The largest absolute Gasteiger partial charge is 0.383 e. The summed E-state index contributed by atoms with van der Waals surface area (Å²) < 4.78 is 5.07. The number of ether oxygens (including phenoxy) is 1. The van der Waals surface area contributed by atoms with E-state index in [9.17, 15) is 10.1 Å². The fourth-order valence-corrected chi connectivity index (χ4v) is 3.20. The Morgan fingerprint density at radius 2 is 2.17 bits per heavy atom. The Morgan fingerprint density at radius 3 is 2.75 bits per heavy atom. The van der Waals surface area contributed by atoms with Gasteiger partial charge in [-0.15, -0.1) is 0 Å². The molecule has 0 spiro atoms. The van der Waals surface area contributed by atoms with Crippen molar-refractivity contribution in [1.82, 2.24) is 5.32 Å². The summed E-state index contributed by atoms with van der Waals surface area (Å²) >= 11 is 5.96. The molecule has 0 bridgehead atoms. The first kappa shape index (κ1) is 18.6. The highest BCUT2D eigenvalue weighted by Gasteiger charge is 2.37. The Hall–Kier alpha value is -1.77. The van der Waals surface area contributed by atoms with Gasteiger partial charge in [-0.1, -0.05) is 18.5 Å². The van der Waals surface area contributed by atoms with Crippen LogP contribution in [0.4, 0.5) is 5.69 Å². The van der Waals surface area contributed by atoms with Crippen LogP contribution >= 0.6 is 11.6 Å². The van der Waals surface area contributed by atoms with Crippen LogP contribution in [0.25, 0.3) is 0 Å². The number of rotatable bonds is 5. The Balaban J connectivity index is 2.03. The van der Waals surface area contributed by atoms with Gasteiger partial charge in [0.2, 0.25) is 5.91 Å². The molecule has 1 amide bonds. The number of methoxy groups -OCH3 is 1. The Morgan fingerprint density at radius 1 is 1.50 bits per heavy atom. The predicted molar refractivity (Wildman–Crippen MR) is 95.2 cm³/mol. The second-order valence-corrected chi connectivity index (χ2v) is 7.09. The summed E-state index contributed by atoms with van der Waals surface area (Å²) in [5, 5.41) is 12.9.